The van der Waals surface area contributed by atoms with E-state index in [0.717, 1.165) is 0 Å². The SMILES string of the molecule is CCOC(=O)/C=C/c1cccc(C2(C)CCS(=O)(=O)Cc3nnn(c3C)Cc3c(c(F)cc4[nH]ccc34)Oc3ccc(F)c(c3)-c3nc2nn3C)c1. The fourth-order valence-electron chi connectivity index (χ4n) is 6.40. The average Bonchev–Trinajstić information content (AvgIpc) is 3.84. The number of nitrogens with zero attached hydrogens (tertiary/aromatic N) is 6. The maximum absolute atomic E-state index is 15.8. The number of esters is 1. The highest BCUT2D eigenvalue weighted by Gasteiger charge is 2.36. The van der Waals surface area contributed by atoms with Gasteiger partial charge in [0.15, 0.2) is 33.1 Å². The molecule has 52 heavy (non-hydrogen) atoms. The molecule has 1 aliphatic heterocycles. The molecule has 12 nitrogen and oxygen atoms in total. The van der Waals surface area contributed by atoms with E-state index in [-0.39, 0.29) is 65.5 Å². The fourth-order valence-corrected chi connectivity index (χ4v) is 7.94. The molecule has 6 aromatic rings. The lowest BCUT2D eigenvalue weighted by molar-refractivity contribution is -0.137. The number of carbonyl (C=O) groups is 1. The molecule has 1 aliphatic rings. The Morgan fingerprint density at radius 1 is 1.13 bits per heavy atom. The Hall–Kier alpha value is -5.70. The molecule has 6 bridgehead atoms. The number of aromatic amines is 1. The maximum atomic E-state index is 15.8. The van der Waals surface area contributed by atoms with Gasteiger partial charge in [0.2, 0.25) is 0 Å². The predicted octanol–water partition coefficient (Wildman–Crippen LogP) is 6.18. The van der Waals surface area contributed by atoms with Gasteiger partial charge in [-0.3, -0.25) is 0 Å². The third-order valence-electron chi connectivity index (χ3n) is 9.40. The van der Waals surface area contributed by atoms with Crippen LogP contribution in [0, 0.1) is 18.6 Å². The van der Waals surface area contributed by atoms with Crippen LogP contribution < -0.4 is 4.74 Å². The second kappa shape index (κ2) is 13.5. The second-order valence-corrected chi connectivity index (χ2v) is 15.1. The van der Waals surface area contributed by atoms with Crippen molar-refractivity contribution < 1.29 is 31.5 Å². The van der Waals surface area contributed by atoms with Gasteiger partial charge in [-0.25, -0.2) is 36.3 Å². The van der Waals surface area contributed by atoms with Gasteiger partial charge < -0.3 is 14.5 Å². The highest BCUT2D eigenvalue weighted by molar-refractivity contribution is 7.90. The summed E-state index contributed by atoms with van der Waals surface area (Å²) >= 11 is 0. The Balaban J connectivity index is 1.40. The number of ether oxygens (including phenoxy) is 2. The van der Waals surface area contributed by atoms with Gasteiger partial charge in [0.1, 0.15) is 17.3 Å². The molecular weight excluding hydrogens is 693 g/mol. The van der Waals surface area contributed by atoms with Crippen molar-refractivity contribution >= 4 is 32.8 Å². The van der Waals surface area contributed by atoms with Crippen LogP contribution in [0.15, 0.2) is 66.9 Å². The first-order valence-corrected chi connectivity index (χ1v) is 18.4. The van der Waals surface area contributed by atoms with Crippen molar-refractivity contribution in [3.05, 3.63) is 112 Å². The number of sulfone groups is 1. The Labute approximate surface area is 298 Å². The number of carbonyl (C=O) groups excluding carboxylic acids is 1. The topological polar surface area (TPSA) is 147 Å². The summed E-state index contributed by atoms with van der Waals surface area (Å²) in [6, 6.07) is 14.4. The maximum Gasteiger partial charge on any atom is 0.330 e. The van der Waals surface area contributed by atoms with Crippen molar-refractivity contribution in [2.24, 2.45) is 7.05 Å². The number of halogens is 2. The van der Waals surface area contributed by atoms with E-state index in [4.69, 9.17) is 19.6 Å². The smallest absolute Gasteiger partial charge is 0.330 e. The molecule has 1 unspecified atom stereocenters. The lowest BCUT2D eigenvalue weighted by Crippen LogP contribution is -2.29. The van der Waals surface area contributed by atoms with E-state index < -0.39 is 32.9 Å². The van der Waals surface area contributed by atoms with Crippen LogP contribution in [0.1, 0.15) is 54.2 Å². The summed E-state index contributed by atoms with van der Waals surface area (Å²) in [5.74, 6) is -2.00. The zero-order valence-electron chi connectivity index (χ0n) is 28.9. The van der Waals surface area contributed by atoms with Crippen LogP contribution in [-0.4, -0.2) is 61.5 Å². The zero-order valence-corrected chi connectivity index (χ0v) is 29.7. The molecule has 1 N–H and O–H groups in total. The van der Waals surface area contributed by atoms with Gasteiger partial charge in [0, 0.05) is 41.9 Å². The third kappa shape index (κ3) is 6.59. The van der Waals surface area contributed by atoms with Crippen LogP contribution in [0.3, 0.4) is 0 Å². The average molecular weight is 728 g/mol. The van der Waals surface area contributed by atoms with Crippen molar-refractivity contribution in [3.63, 3.8) is 0 Å². The van der Waals surface area contributed by atoms with Crippen molar-refractivity contribution in [2.75, 3.05) is 12.4 Å². The minimum Gasteiger partial charge on any atom is -0.463 e. The standard InChI is InChI=1S/C37H35F2N7O5S/c1-5-50-33(47)12-9-23-7-6-8-24(17-23)37(3)14-16-52(48,49)21-32-22(2)46(44-42-32)20-28-26-13-15-40-31(26)19-30(39)34(28)51-25-10-11-29(38)27(18-25)35-41-36(37)43-45(35)4/h6-13,15,17-19,40H,5,14,16,20-21H2,1-4H3/b12-9+. The minimum absolute atomic E-state index is 0.0139. The molecule has 15 heteroatoms. The molecule has 0 spiro atoms. The minimum atomic E-state index is -3.80. The van der Waals surface area contributed by atoms with Crippen molar-refractivity contribution in [1.29, 1.82) is 0 Å². The van der Waals surface area contributed by atoms with Gasteiger partial charge in [0.05, 0.1) is 41.3 Å². The Morgan fingerprint density at radius 2 is 1.96 bits per heavy atom. The van der Waals surface area contributed by atoms with E-state index in [0.29, 0.717) is 33.3 Å². The second-order valence-electron chi connectivity index (χ2n) is 12.9. The van der Waals surface area contributed by atoms with Crippen molar-refractivity contribution in [3.8, 4) is 22.9 Å². The van der Waals surface area contributed by atoms with E-state index in [1.807, 2.05) is 19.1 Å². The number of rotatable bonds is 4. The summed E-state index contributed by atoms with van der Waals surface area (Å²) in [6.45, 7) is 5.50. The molecule has 0 fully saturated rings. The third-order valence-corrected chi connectivity index (χ3v) is 10.9. The van der Waals surface area contributed by atoms with Crippen LogP contribution in [0.4, 0.5) is 8.78 Å². The van der Waals surface area contributed by atoms with Crippen molar-refractivity contribution in [2.45, 2.75) is 44.9 Å². The van der Waals surface area contributed by atoms with Crippen LogP contribution in [0.5, 0.6) is 11.5 Å². The molecule has 268 valence electrons. The Morgan fingerprint density at radius 3 is 2.77 bits per heavy atom. The normalized spacial score (nSPS) is 17.3. The van der Waals surface area contributed by atoms with E-state index in [1.165, 1.54) is 39.7 Å². The highest BCUT2D eigenvalue weighted by atomic mass is 32.2. The number of nitrogens with one attached hydrogen (secondary N) is 1. The van der Waals surface area contributed by atoms with E-state index in [2.05, 4.69) is 15.3 Å². The summed E-state index contributed by atoms with van der Waals surface area (Å²) in [6.07, 6.45) is 4.65. The molecule has 0 radical (unpaired) electrons. The summed E-state index contributed by atoms with van der Waals surface area (Å²) < 4.78 is 73.2. The number of benzene rings is 3. The molecule has 0 amide bonds. The molecule has 0 aliphatic carbocycles. The van der Waals surface area contributed by atoms with E-state index >= 15 is 8.78 Å². The van der Waals surface area contributed by atoms with Gasteiger partial charge in [0.25, 0.3) is 0 Å². The first-order chi connectivity index (χ1) is 24.8. The first kappa shape index (κ1) is 34.7. The Bertz CT molecular complexity index is 2490. The van der Waals surface area contributed by atoms with E-state index in [9.17, 15) is 13.2 Å². The largest absolute Gasteiger partial charge is 0.463 e. The molecule has 1 atom stereocenters. The van der Waals surface area contributed by atoms with Crippen LogP contribution in [0.2, 0.25) is 0 Å². The lowest BCUT2D eigenvalue weighted by atomic mass is 9.78. The van der Waals surface area contributed by atoms with Crippen molar-refractivity contribution in [1.82, 2.24) is 34.7 Å². The summed E-state index contributed by atoms with van der Waals surface area (Å²) in [5.41, 5.74) is 1.98. The number of hydrogen-bond acceptors (Lipinski definition) is 9. The van der Waals surface area contributed by atoms with Gasteiger partial charge >= 0.3 is 5.97 Å². The van der Waals surface area contributed by atoms with Gasteiger partial charge in [-0.1, -0.05) is 29.5 Å². The predicted molar refractivity (Wildman–Crippen MR) is 189 cm³/mol. The summed E-state index contributed by atoms with van der Waals surface area (Å²) in [5, 5.41) is 13.8. The molecule has 3 aromatic carbocycles. The first-order valence-electron chi connectivity index (χ1n) is 16.6. The number of hydrogen-bond donors (Lipinski definition) is 1. The van der Waals surface area contributed by atoms with Crippen LogP contribution in [-0.2, 0) is 44.1 Å². The molecule has 7 rings (SSSR count). The van der Waals surface area contributed by atoms with Gasteiger partial charge in [-0.2, -0.15) is 5.10 Å². The number of H-pyrrole nitrogens is 1. The van der Waals surface area contributed by atoms with E-state index in [1.54, 1.807) is 51.4 Å². The summed E-state index contributed by atoms with van der Waals surface area (Å²) in [7, 11) is -2.19. The molecule has 3 aromatic heterocycles. The van der Waals surface area contributed by atoms with Gasteiger partial charge in [-0.05, 0) is 68.7 Å². The van der Waals surface area contributed by atoms with Gasteiger partial charge in [-0.15, -0.1) is 5.10 Å². The number of fused-ring (bicyclic) bond motifs is 10. The quantitative estimate of drug-likeness (QED) is 0.166. The monoisotopic (exact) mass is 727 g/mol. The van der Waals surface area contributed by atoms with Crippen LogP contribution in [0.25, 0.3) is 28.4 Å². The molecule has 4 heterocycles. The lowest BCUT2D eigenvalue weighted by Gasteiger charge is -2.27. The fraction of sp³-hybridized carbons (Fsp3) is 0.270. The summed E-state index contributed by atoms with van der Waals surface area (Å²) in [4.78, 5) is 19.8. The van der Waals surface area contributed by atoms with Crippen LogP contribution >= 0.6 is 0 Å². The molecule has 0 saturated carbocycles. The molecule has 0 saturated heterocycles. The Kier molecular flexibility index (Phi) is 8.98. The number of aryl methyl sites for hydroxylation is 1. The zero-order chi connectivity index (χ0) is 36.8. The molecular formula is C37H35F2N7O5S. The highest BCUT2D eigenvalue weighted by Crippen LogP contribution is 2.39. The number of aromatic nitrogens is 7.